The highest BCUT2D eigenvalue weighted by Gasteiger charge is 2.23. The van der Waals surface area contributed by atoms with Crippen molar-refractivity contribution in [2.45, 2.75) is 12.8 Å². The molecule has 17 heavy (non-hydrogen) atoms. The first-order valence-electron chi connectivity index (χ1n) is 5.46. The van der Waals surface area contributed by atoms with E-state index in [9.17, 15) is 4.79 Å². The number of rotatable bonds is 2. The molecule has 3 heterocycles. The van der Waals surface area contributed by atoms with Crippen LogP contribution in [0.2, 0.25) is 0 Å². The van der Waals surface area contributed by atoms with Gasteiger partial charge < -0.3 is 4.90 Å². The van der Waals surface area contributed by atoms with Gasteiger partial charge in [0.05, 0.1) is 5.69 Å². The Balaban J connectivity index is 1.93. The van der Waals surface area contributed by atoms with Crippen molar-refractivity contribution < 1.29 is 4.79 Å². The molecule has 7 heteroatoms. The molecule has 2 aromatic heterocycles. The van der Waals surface area contributed by atoms with Crippen molar-refractivity contribution in [2.24, 2.45) is 0 Å². The molecule has 1 amide bonds. The summed E-state index contributed by atoms with van der Waals surface area (Å²) in [6.07, 6.45) is 3.69. The molecule has 0 bridgehead atoms. The lowest BCUT2D eigenvalue weighted by Gasteiger charge is -2.14. The summed E-state index contributed by atoms with van der Waals surface area (Å²) in [6, 6.07) is 1.87. The van der Waals surface area contributed by atoms with Crippen LogP contribution in [0, 0.1) is 0 Å². The van der Waals surface area contributed by atoms with Crippen molar-refractivity contribution in [1.29, 1.82) is 0 Å². The predicted molar refractivity (Wildman–Crippen MR) is 62.2 cm³/mol. The quantitative estimate of drug-likeness (QED) is 0.795. The summed E-state index contributed by atoms with van der Waals surface area (Å²) >= 11 is 1.44. The minimum absolute atomic E-state index is 0.0861. The van der Waals surface area contributed by atoms with Gasteiger partial charge in [0.1, 0.15) is 11.2 Å². The highest BCUT2D eigenvalue weighted by Crippen LogP contribution is 2.23. The molecule has 0 radical (unpaired) electrons. The number of hydrogen-bond acceptors (Lipinski definition) is 5. The van der Waals surface area contributed by atoms with Gasteiger partial charge in [-0.3, -0.25) is 4.79 Å². The first-order chi connectivity index (χ1) is 8.36. The summed E-state index contributed by atoms with van der Waals surface area (Å²) < 4.78 is 1.53. The molecule has 1 fully saturated rings. The lowest BCUT2D eigenvalue weighted by atomic mass is 10.3. The highest BCUT2D eigenvalue weighted by atomic mass is 32.1. The van der Waals surface area contributed by atoms with Crippen LogP contribution in [0.1, 0.15) is 22.5 Å². The zero-order valence-corrected chi connectivity index (χ0v) is 9.93. The van der Waals surface area contributed by atoms with Crippen LogP contribution in [0.4, 0.5) is 0 Å². The summed E-state index contributed by atoms with van der Waals surface area (Å²) in [5, 5.41) is 12.9. The second-order valence-corrected chi connectivity index (χ2v) is 4.80. The Labute approximate surface area is 102 Å². The molecule has 0 unspecified atom stereocenters. The molecule has 1 aliphatic heterocycles. The SMILES string of the molecule is O=C(c1sccc1-n1cnnn1)N1CCCC1. The van der Waals surface area contributed by atoms with E-state index < -0.39 is 0 Å². The average Bonchev–Trinajstić information content (AvgIpc) is 3.09. The maximum Gasteiger partial charge on any atom is 0.266 e. The van der Waals surface area contributed by atoms with Crippen LogP contribution in [0.25, 0.3) is 5.69 Å². The number of aromatic nitrogens is 4. The van der Waals surface area contributed by atoms with Gasteiger partial charge >= 0.3 is 0 Å². The Morgan fingerprint density at radius 2 is 2.18 bits per heavy atom. The van der Waals surface area contributed by atoms with E-state index in [1.807, 2.05) is 16.3 Å². The van der Waals surface area contributed by atoms with Crippen molar-refractivity contribution in [3.05, 3.63) is 22.7 Å². The first kappa shape index (κ1) is 10.4. The lowest BCUT2D eigenvalue weighted by Crippen LogP contribution is -2.27. The van der Waals surface area contributed by atoms with Crippen LogP contribution in [0.3, 0.4) is 0 Å². The summed E-state index contributed by atoms with van der Waals surface area (Å²) in [5.74, 6) is 0.0861. The topological polar surface area (TPSA) is 63.9 Å². The molecule has 1 saturated heterocycles. The van der Waals surface area contributed by atoms with E-state index in [1.54, 1.807) is 0 Å². The first-order valence-corrected chi connectivity index (χ1v) is 6.34. The number of carbonyl (C=O) groups excluding carboxylic acids is 1. The average molecular weight is 249 g/mol. The minimum atomic E-state index is 0.0861. The predicted octanol–water partition coefficient (Wildman–Crippen LogP) is 0.960. The largest absolute Gasteiger partial charge is 0.338 e. The van der Waals surface area contributed by atoms with Crippen molar-refractivity contribution in [3.8, 4) is 5.69 Å². The van der Waals surface area contributed by atoms with Crippen LogP contribution < -0.4 is 0 Å². The molecule has 0 N–H and O–H groups in total. The van der Waals surface area contributed by atoms with Crippen LogP contribution >= 0.6 is 11.3 Å². The Bertz CT molecular complexity index is 515. The normalized spacial score (nSPS) is 15.4. The zero-order chi connectivity index (χ0) is 11.7. The number of tetrazole rings is 1. The zero-order valence-electron chi connectivity index (χ0n) is 9.11. The number of amides is 1. The van der Waals surface area contributed by atoms with Crippen LogP contribution in [-0.4, -0.2) is 44.1 Å². The van der Waals surface area contributed by atoms with Gasteiger partial charge in [-0.2, -0.15) is 4.68 Å². The van der Waals surface area contributed by atoms with E-state index >= 15 is 0 Å². The fourth-order valence-corrected chi connectivity index (χ4v) is 2.82. The maximum absolute atomic E-state index is 12.3. The molecular weight excluding hydrogens is 238 g/mol. The fraction of sp³-hybridized carbons (Fsp3) is 0.400. The van der Waals surface area contributed by atoms with Gasteiger partial charge in [-0.05, 0) is 34.7 Å². The van der Waals surface area contributed by atoms with Gasteiger partial charge in [0.15, 0.2) is 0 Å². The van der Waals surface area contributed by atoms with Gasteiger partial charge in [-0.15, -0.1) is 16.4 Å². The van der Waals surface area contributed by atoms with E-state index in [4.69, 9.17) is 0 Å². The Kier molecular flexibility index (Phi) is 2.60. The summed E-state index contributed by atoms with van der Waals surface area (Å²) in [6.45, 7) is 1.71. The molecule has 88 valence electrons. The third-order valence-corrected chi connectivity index (χ3v) is 3.72. The van der Waals surface area contributed by atoms with E-state index in [1.165, 1.54) is 22.3 Å². The number of nitrogens with zero attached hydrogens (tertiary/aromatic N) is 5. The van der Waals surface area contributed by atoms with Crippen molar-refractivity contribution in [3.63, 3.8) is 0 Å². The van der Waals surface area contributed by atoms with Gasteiger partial charge in [0.2, 0.25) is 0 Å². The van der Waals surface area contributed by atoms with Crippen molar-refractivity contribution in [2.75, 3.05) is 13.1 Å². The van der Waals surface area contributed by atoms with Crippen molar-refractivity contribution >= 4 is 17.2 Å². The number of likely N-dealkylation sites (tertiary alicyclic amines) is 1. The van der Waals surface area contributed by atoms with Crippen molar-refractivity contribution in [1.82, 2.24) is 25.1 Å². The second-order valence-electron chi connectivity index (χ2n) is 3.89. The molecular formula is C10H11N5OS. The summed E-state index contributed by atoms with van der Waals surface area (Å²) in [5.41, 5.74) is 0.761. The molecule has 6 nitrogen and oxygen atoms in total. The molecule has 0 aromatic carbocycles. The molecule has 0 aliphatic carbocycles. The monoisotopic (exact) mass is 249 g/mol. The van der Waals surface area contributed by atoms with Crippen LogP contribution in [0.15, 0.2) is 17.8 Å². The lowest BCUT2D eigenvalue weighted by molar-refractivity contribution is 0.0797. The van der Waals surface area contributed by atoms with Gasteiger partial charge in [0.25, 0.3) is 5.91 Å². The smallest absolute Gasteiger partial charge is 0.266 e. The standard InChI is InChI=1S/C10H11N5OS/c16-10(14-4-1-2-5-14)9-8(3-6-17-9)15-7-11-12-13-15/h3,6-7H,1-2,4-5H2. The molecule has 1 aliphatic rings. The van der Waals surface area contributed by atoms with Crippen LogP contribution in [-0.2, 0) is 0 Å². The van der Waals surface area contributed by atoms with Gasteiger partial charge in [-0.25, -0.2) is 0 Å². The van der Waals surface area contributed by atoms with E-state index in [0.717, 1.165) is 31.6 Å². The summed E-state index contributed by atoms with van der Waals surface area (Å²) in [4.78, 5) is 14.9. The molecule has 0 atom stereocenters. The van der Waals surface area contributed by atoms with E-state index in [2.05, 4.69) is 15.5 Å². The number of hydrogen-bond donors (Lipinski definition) is 0. The summed E-state index contributed by atoms with van der Waals surface area (Å²) in [7, 11) is 0. The Morgan fingerprint density at radius 3 is 2.88 bits per heavy atom. The highest BCUT2D eigenvalue weighted by molar-refractivity contribution is 7.12. The third kappa shape index (κ3) is 1.82. The van der Waals surface area contributed by atoms with Gasteiger partial charge in [0, 0.05) is 13.1 Å². The van der Waals surface area contributed by atoms with Crippen LogP contribution in [0.5, 0.6) is 0 Å². The fourth-order valence-electron chi connectivity index (χ4n) is 1.98. The third-order valence-electron chi connectivity index (χ3n) is 2.83. The Morgan fingerprint density at radius 1 is 1.35 bits per heavy atom. The number of thiophene rings is 1. The minimum Gasteiger partial charge on any atom is -0.338 e. The number of carbonyl (C=O) groups is 1. The van der Waals surface area contributed by atoms with Gasteiger partial charge in [-0.1, -0.05) is 0 Å². The van der Waals surface area contributed by atoms with E-state index in [-0.39, 0.29) is 5.91 Å². The van der Waals surface area contributed by atoms with E-state index in [0.29, 0.717) is 4.88 Å². The molecule has 2 aromatic rings. The molecule has 0 saturated carbocycles. The second kappa shape index (κ2) is 4.25. The maximum atomic E-state index is 12.3. The Hall–Kier alpha value is -1.76. The molecule has 0 spiro atoms. The molecule has 3 rings (SSSR count).